The lowest BCUT2D eigenvalue weighted by molar-refractivity contribution is 0.153. The summed E-state index contributed by atoms with van der Waals surface area (Å²) in [6.07, 6.45) is 24.5. The third kappa shape index (κ3) is 5.57. The van der Waals surface area contributed by atoms with Crippen molar-refractivity contribution in [2.45, 2.75) is 87.5 Å². The maximum Gasteiger partial charge on any atom is 0.0233 e. The van der Waals surface area contributed by atoms with E-state index < -0.39 is 0 Å². The molecule has 0 N–H and O–H groups in total. The van der Waals surface area contributed by atoms with Crippen molar-refractivity contribution in [3.8, 4) is 0 Å². The monoisotopic (exact) mass is 410 g/mol. The fourth-order valence-corrected chi connectivity index (χ4v) is 6.31. The molecule has 0 aromatic rings. The lowest BCUT2D eigenvalue weighted by Gasteiger charge is -2.45. The number of fused-ring (bicyclic) bond motifs is 5. The first-order valence-electron chi connectivity index (χ1n) is 12.6. The molecule has 170 valence electrons. The van der Waals surface area contributed by atoms with Gasteiger partial charge in [-0.05, 0) is 74.3 Å². The molecule has 0 heterocycles. The van der Waals surface area contributed by atoms with Gasteiger partial charge in [-0.15, -0.1) is 0 Å². The lowest BCUT2D eigenvalue weighted by atomic mass is 9.58. The van der Waals surface area contributed by atoms with Crippen LogP contribution < -0.4 is 0 Å². The van der Waals surface area contributed by atoms with Crippen molar-refractivity contribution >= 4 is 0 Å². The fourth-order valence-electron chi connectivity index (χ4n) is 6.31. The Kier molecular flexibility index (Phi) is 14.5. The minimum Gasteiger partial charge on any atom is -0.0991 e. The summed E-state index contributed by atoms with van der Waals surface area (Å²) in [4.78, 5) is 0. The number of rotatable bonds is 6. The van der Waals surface area contributed by atoms with E-state index in [1.807, 2.05) is 53.7 Å². The Morgan fingerprint density at radius 2 is 1.47 bits per heavy atom. The first-order valence-corrected chi connectivity index (χ1v) is 12.6. The van der Waals surface area contributed by atoms with Gasteiger partial charge >= 0.3 is 0 Å². The molecule has 0 heteroatoms. The summed E-state index contributed by atoms with van der Waals surface area (Å²) >= 11 is 0. The molecule has 5 atom stereocenters. The molecule has 0 aromatic heterocycles. The Morgan fingerprint density at radius 3 is 2.00 bits per heavy atom. The average Bonchev–Trinajstić information content (AvgIpc) is 3.51. The molecule has 3 rings (SSSR count). The van der Waals surface area contributed by atoms with Gasteiger partial charge in [-0.2, -0.15) is 0 Å². The van der Waals surface area contributed by atoms with Crippen LogP contribution in [0.1, 0.15) is 87.5 Å². The Labute approximate surface area is 189 Å². The fraction of sp³-hybridized carbons (Fsp3) is 0.600. The first kappa shape index (κ1) is 28.4. The zero-order valence-corrected chi connectivity index (χ0v) is 21.4. The van der Waals surface area contributed by atoms with Gasteiger partial charge in [-0.3, -0.25) is 0 Å². The van der Waals surface area contributed by atoms with Crippen LogP contribution in [0.25, 0.3) is 0 Å². The molecule has 3 aliphatic carbocycles. The molecule has 3 aliphatic rings. The van der Waals surface area contributed by atoms with Crippen LogP contribution in [0.3, 0.4) is 0 Å². The van der Waals surface area contributed by atoms with Gasteiger partial charge in [0.1, 0.15) is 0 Å². The summed E-state index contributed by atoms with van der Waals surface area (Å²) in [6.45, 7) is 24.2. The highest BCUT2D eigenvalue weighted by Gasteiger charge is 2.62. The van der Waals surface area contributed by atoms with E-state index in [1.165, 1.54) is 43.3 Å². The third-order valence-corrected chi connectivity index (χ3v) is 6.92. The second-order valence-electron chi connectivity index (χ2n) is 7.73. The molecular formula is C30H50. The molecule has 0 saturated heterocycles. The van der Waals surface area contributed by atoms with Crippen LogP contribution in [0, 0.1) is 29.1 Å². The summed E-state index contributed by atoms with van der Waals surface area (Å²) in [5.74, 6) is 3.63. The smallest absolute Gasteiger partial charge is 0.0233 e. The summed E-state index contributed by atoms with van der Waals surface area (Å²) in [7, 11) is 0. The van der Waals surface area contributed by atoms with Crippen molar-refractivity contribution in [2.24, 2.45) is 29.1 Å². The van der Waals surface area contributed by atoms with Crippen LogP contribution >= 0.6 is 0 Å². The minimum absolute atomic E-state index is 0.172. The van der Waals surface area contributed by atoms with Gasteiger partial charge in [0.05, 0.1) is 0 Å². The van der Waals surface area contributed by atoms with Crippen molar-refractivity contribution in [1.82, 2.24) is 0 Å². The zero-order valence-electron chi connectivity index (χ0n) is 21.4. The van der Waals surface area contributed by atoms with Crippen molar-refractivity contribution in [3.05, 3.63) is 72.9 Å². The Bertz CT molecular complexity index is 612. The Hall–Kier alpha value is -1.56. The van der Waals surface area contributed by atoms with Gasteiger partial charge in [0.15, 0.2) is 0 Å². The molecule has 2 bridgehead atoms. The standard InChI is InChI=1S/C24H32.3C2H6/c1-5-9-13-19(8-4)24(20(11-6-2)12-7-3)17-18-16-23(24)22-15-10-14-21(18)22;3*1-2/h5-9,11-13,18,21-23H,1-2,10,14-17H2,3-4H3;3*1-2H3/b12-7-,13-9-,19-8+,20-11+;;;. The molecule has 0 radical (unpaired) electrons. The van der Waals surface area contributed by atoms with Gasteiger partial charge in [0.25, 0.3) is 0 Å². The minimum atomic E-state index is 0.172. The van der Waals surface area contributed by atoms with Crippen molar-refractivity contribution < 1.29 is 0 Å². The highest BCUT2D eigenvalue weighted by Crippen LogP contribution is 2.70. The van der Waals surface area contributed by atoms with E-state index in [-0.39, 0.29) is 5.41 Å². The summed E-state index contributed by atoms with van der Waals surface area (Å²) in [5, 5.41) is 0. The van der Waals surface area contributed by atoms with Crippen LogP contribution in [-0.4, -0.2) is 0 Å². The summed E-state index contributed by atoms with van der Waals surface area (Å²) in [5.41, 5.74) is 3.11. The predicted octanol–water partition coefficient (Wildman–Crippen LogP) is 9.88. The summed E-state index contributed by atoms with van der Waals surface area (Å²) < 4.78 is 0. The normalized spacial score (nSPS) is 31.9. The Morgan fingerprint density at radius 1 is 0.833 bits per heavy atom. The molecule has 30 heavy (non-hydrogen) atoms. The highest BCUT2D eigenvalue weighted by atomic mass is 14.7. The molecule has 0 nitrogen and oxygen atoms in total. The van der Waals surface area contributed by atoms with Gasteiger partial charge in [-0.1, -0.05) is 110 Å². The van der Waals surface area contributed by atoms with E-state index in [0.717, 1.165) is 23.7 Å². The number of hydrogen-bond acceptors (Lipinski definition) is 0. The molecule has 3 fully saturated rings. The molecular weight excluding hydrogens is 360 g/mol. The third-order valence-electron chi connectivity index (χ3n) is 6.92. The van der Waals surface area contributed by atoms with Crippen LogP contribution in [0.4, 0.5) is 0 Å². The van der Waals surface area contributed by atoms with Crippen LogP contribution in [0.5, 0.6) is 0 Å². The van der Waals surface area contributed by atoms with E-state index in [9.17, 15) is 0 Å². The number of allylic oxidation sites excluding steroid dienone is 10. The maximum absolute atomic E-state index is 4.00. The van der Waals surface area contributed by atoms with Crippen LogP contribution in [0.2, 0.25) is 0 Å². The van der Waals surface area contributed by atoms with Gasteiger partial charge in [-0.25, -0.2) is 0 Å². The lowest BCUT2D eigenvalue weighted by Crippen LogP contribution is -2.38. The van der Waals surface area contributed by atoms with Crippen LogP contribution in [-0.2, 0) is 0 Å². The molecule has 0 aromatic carbocycles. The van der Waals surface area contributed by atoms with Crippen LogP contribution in [0.15, 0.2) is 72.9 Å². The highest BCUT2D eigenvalue weighted by molar-refractivity contribution is 5.47. The van der Waals surface area contributed by atoms with E-state index in [2.05, 4.69) is 63.5 Å². The average molecular weight is 411 g/mol. The zero-order chi connectivity index (χ0) is 23.2. The quantitative estimate of drug-likeness (QED) is 0.382. The van der Waals surface area contributed by atoms with Crippen molar-refractivity contribution in [1.29, 1.82) is 0 Å². The number of hydrogen-bond donors (Lipinski definition) is 0. The van der Waals surface area contributed by atoms with Gasteiger partial charge < -0.3 is 0 Å². The van der Waals surface area contributed by atoms with E-state index in [1.54, 1.807) is 0 Å². The predicted molar refractivity (Wildman–Crippen MR) is 140 cm³/mol. The van der Waals surface area contributed by atoms with E-state index in [4.69, 9.17) is 0 Å². The molecule has 0 spiro atoms. The van der Waals surface area contributed by atoms with Crippen molar-refractivity contribution in [2.75, 3.05) is 0 Å². The second kappa shape index (κ2) is 15.3. The van der Waals surface area contributed by atoms with Gasteiger partial charge in [0, 0.05) is 5.41 Å². The topological polar surface area (TPSA) is 0 Å². The maximum atomic E-state index is 4.00. The second-order valence-corrected chi connectivity index (χ2v) is 7.73. The van der Waals surface area contributed by atoms with E-state index >= 15 is 0 Å². The largest absolute Gasteiger partial charge is 0.0991 e. The first-order chi connectivity index (χ1) is 14.7. The summed E-state index contributed by atoms with van der Waals surface area (Å²) in [6, 6.07) is 0. The molecule has 5 unspecified atom stereocenters. The Balaban J connectivity index is 0.00000129. The van der Waals surface area contributed by atoms with Crippen molar-refractivity contribution in [3.63, 3.8) is 0 Å². The SMILES string of the molecule is C=C/C=C\C(=C/C)C1(C(/C=C\C)=C/C=C)CC2CC1C1CCCC21.CC.CC.CC. The molecule has 3 saturated carbocycles. The molecule has 0 aliphatic heterocycles. The van der Waals surface area contributed by atoms with E-state index in [0.29, 0.717) is 0 Å². The van der Waals surface area contributed by atoms with Gasteiger partial charge in [0.2, 0.25) is 0 Å². The molecule has 0 amide bonds.